The van der Waals surface area contributed by atoms with Gasteiger partial charge in [-0.2, -0.15) is 0 Å². The lowest BCUT2D eigenvalue weighted by molar-refractivity contribution is 0.0912. The van der Waals surface area contributed by atoms with Crippen LogP contribution in [0.5, 0.6) is 0 Å². The van der Waals surface area contributed by atoms with E-state index >= 15 is 0 Å². The second-order valence-corrected chi connectivity index (χ2v) is 5.38. The number of halogens is 2. The number of rotatable bonds is 5. The Hall–Kier alpha value is -0.940. The van der Waals surface area contributed by atoms with E-state index < -0.39 is 11.7 Å². The van der Waals surface area contributed by atoms with Crippen molar-refractivity contribution in [1.82, 2.24) is 5.32 Å². The topological polar surface area (TPSA) is 49.3 Å². The second-order valence-electron chi connectivity index (χ2n) is 4.46. The van der Waals surface area contributed by atoms with Crippen molar-refractivity contribution in [3.8, 4) is 0 Å². The van der Waals surface area contributed by atoms with Crippen LogP contribution in [0.4, 0.5) is 4.39 Å². The smallest absolute Gasteiger partial charge is 0.254 e. The maximum absolute atomic E-state index is 13.5. The van der Waals surface area contributed by atoms with E-state index in [0.29, 0.717) is 10.9 Å². The highest BCUT2D eigenvalue weighted by molar-refractivity contribution is 9.10. The molecule has 5 heteroatoms. The molecule has 1 aromatic rings. The van der Waals surface area contributed by atoms with E-state index in [2.05, 4.69) is 21.2 Å². The summed E-state index contributed by atoms with van der Waals surface area (Å²) in [6.45, 7) is 3.87. The molecule has 0 heterocycles. The summed E-state index contributed by atoms with van der Waals surface area (Å²) in [6.07, 6.45) is 0.457. The molecule has 0 aliphatic heterocycles. The second kappa shape index (κ2) is 6.85. The lowest BCUT2D eigenvalue weighted by Crippen LogP contribution is -2.39. The van der Waals surface area contributed by atoms with E-state index in [0.717, 1.165) is 0 Å². The summed E-state index contributed by atoms with van der Waals surface area (Å²) in [5, 5.41) is 11.7. The highest BCUT2D eigenvalue weighted by Gasteiger charge is 2.19. The number of nitrogens with one attached hydrogen (secondary N) is 1. The number of hydrogen-bond donors (Lipinski definition) is 2. The molecule has 0 aliphatic carbocycles. The van der Waals surface area contributed by atoms with Gasteiger partial charge in [-0.15, -0.1) is 0 Å². The zero-order valence-corrected chi connectivity index (χ0v) is 12.0. The van der Waals surface area contributed by atoms with Crippen molar-refractivity contribution in [2.24, 2.45) is 5.92 Å². The monoisotopic (exact) mass is 317 g/mol. The van der Waals surface area contributed by atoms with Crippen molar-refractivity contribution < 1.29 is 14.3 Å². The number of amides is 1. The first-order valence-electron chi connectivity index (χ1n) is 5.82. The lowest BCUT2D eigenvalue weighted by atomic mass is 10.0. The van der Waals surface area contributed by atoms with E-state index in [1.165, 1.54) is 12.1 Å². The fraction of sp³-hybridized carbons (Fsp3) is 0.462. The number of aliphatic hydroxyl groups excluding tert-OH is 1. The number of hydrogen-bond acceptors (Lipinski definition) is 2. The van der Waals surface area contributed by atoms with Crippen LogP contribution in [0.1, 0.15) is 30.6 Å². The summed E-state index contributed by atoms with van der Waals surface area (Å²) in [7, 11) is 0. The maximum Gasteiger partial charge on any atom is 0.254 e. The van der Waals surface area contributed by atoms with Crippen LogP contribution in [-0.4, -0.2) is 23.7 Å². The van der Waals surface area contributed by atoms with Gasteiger partial charge in [0.2, 0.25) is 0 Å². The van der Waals surface area contributed by atoms with Gasteiger partial charge in [0.15, 0.2) is 0 Å². The molecule has 0 fully saturated rings. The van der Waals surface area contributed by atoms with Crippen LogP contribution in [0.2, 0.25) is 0 Å². The molecule has 0 saturated heterocycles. The summed E-state index contributed by atoms with van der Waals surface area (Å²) >= 11 is 3.20. The summed E-state index contributed by atoms with van der Waals surface area (Å²) in [5.41, 5.74) is 0.00737. The predicted octanol–water partition coefficient (Wildman–Crippen LogP) is 2.73. The Labute approximate surface area is 115 Å². The third-order valence-corrected chi connectivity index (χ3v) is 3.23. The van der Waals surface area contributed by atoms with Crippen LogP contribution in [0, 0.1) is 11.7 Å². The van der Waals surface area contributed by atoms with Crippen molar-refractivity contribution in [3.63, 3.8) is 0 Å². The molecule has 0 saturated carbocycles. The van der Waals surface area contributed by atoms with Crippen LogP contribution in [0.25, 0.3) is 0 Å². The van der Waals surface area contributed by atoms with Crippen molar-refractivity contribution in [3.05, 3.63) is 34.1 Å². The number of benzene rings is 1. The summed E-state index contributed by atoms with van der Waals surface area (Å²) < 4.78 is 14.2. The Morgan fingerprint density at radius 3 is 2.72 bits per heavy atom. The fourth-order valence-corrected chi connectivity index (χ4v) is 1.99. The first-order valence-corrected chi connectivity index (χ1v) is 6.61. The molecule has 0 bridgehead atoms. The molecule has 2 N–H and O–H groups in total. The van der Waals surface area contributed by atoms with Gasteiger partial charge < -0.3 is 10.4 Å². The quantitative estimate of drug-likeness (QED) is 0.877. The molecule has 0 aliphatic rings. The highest BCUT2D eigenvalue weighted by atomic mass is 79.9. The van der Waals surface area contributed by atoms with Gasteiger partial charge in [-0.3, -0.25) is 4.79 Å². The average Bonchev–Trinajstić information content (AvgIpc) is 2.31. The lowest BCUT2D eigenvalue weighted by Gasteiger charge is -2.21. The van der Waals surface area contributed by atoms with Gasteiger partial charge in [0.1, 0.15) is 5.82 Å². The van der Waals surface area contributed by atoms with Gasteiger partial charge >= 0.3 is 0 Å². The van der Waals surface area contributed by atoms with E-state index in [-0.39, 0.29) is 24.1 Å². The average molecular weight is 318 g/mol. The molecule has 3 nitrogen and oxygen atoms in total. The molecular weight excluding hydrogens is 301 g/mol. The van der Waals surface area contributed by atoms with Crippen molar-refractivity contribution in [2.45, 2.75) is 26.3 Å². The van der Waals surface area contributed by atoms with E-state index in [1.807, 2.05) is 13.8 Å². The normalized spacial score (nSPS) is 12.6. The van der Waals surface area contributed by atoms with Gasteiger partial charge in [-0.1, -0.05) is 29.8 Å². The molecule has 1 rings (SSSR count). The van der Waals surface area contributed by atoms with Crippen molar-refractivity contribution in [2.75, 3.05) is 6.61 Å². The van der Waals surface area contributed by atoms with Gasteiger partial charge in [-0.05, 0) is 30.5 Å². The maximum atomic E-state index is 13.5. The largest absolute Gasteiger partial charge is 0.396 e. The van der Waals surface area contributed by atoms with E-state index in [1.54, 1.807) is 6.07 Å². The molecule has 1 atom stereocenters. The highest BCUT2D eigenvalue weighted by Crippen LogP contribution is 2.16. The molecule has 1 aromatic carbocycles. The molecule has 18 heavy (non-hydrogen) atoms. The Bertz CT molecular complexity index is 423. The Morgan fingerprint density at radius 2 is 2.17 bits per heavy atom. The molecular formula is C13H17BrFNO2. The SMILES string of the molecule is CC(C)C(CCO)NC(=O)c1cc(Br)ccc1F. The van der Waals surface area contributed by atoms with Crippen LogP contribution in [0.15, 0.2) is 22.7 Å². The molecule has 1 amide bonds. The number of carbonyl (C=O) groups excluding carboxylic acids is 1. The van der Waals surface area contributed by atoms with Gasteiger partial charge in [0, 0.05) is 17.1 Å². The van der Waals surface area contributed by atoms with Crippen LogP contribution in [0.3, 0.4) is 0 Å². The van der Waals surface area contributed by atoms with E-state index in [4.69, 9.17) is 5.11 Å². The van der Waals surface area contributed by atoms with Crippen LogP contribution >= 0.6 is 15.9 Å². The van der Waals surface area contributed by atoms with Gasteiger partial charge in [0.05, 0.1) is 5.56 Å². The standard InChI is InChI=1S/C13H17BrFNO2/c1-8(2)12(5-6-17)16-13(18)10-7-9(14)3-4-11(10)15/h3-4,7-8,12,17H,5-6H2,1-2H3,(H,16,18). The van der Waals surface area contributed by atoms with Crippen LogP contribution in [-0.2, 0) is 0 Å². The molecule has 1 unspecified atom stereocenters. The predicted molar refractivity (Wildman–Crippen MR) is 71.9 cm³/mol. The minimum atomic E-state index is -0.554. The summed E-state index contributed by atoms with van der Waals surface area (Å²) in [6, 6.07) is 4.07. The molecule has 0 spiro atoms. The third kappa shape index (κ3) is 4.07. The first-order chi connectivity index (χ1) is 8.45. The summed E-state index contributed by atoms with van der Waals surface area (Å²) in [4.78, 5) is 12.0. The minimum Gasteiger partial charge on any atom is -0.396 e. The third-order valence-electron chi connectivity index (χ3n) is 2.73. The van der Waals surface area contributed by atoms with Crippen molar-refractivity contribution in [1.29, 1.82) is 0 Å². The molecule has 100 valence electrons. The Balaban J connectivity index is 2.83. The van der Waals surface area contributed by atoms with Gasteiger partial charge in [-0.25, -0.2) is 4.39 Å². The number of aliphatic hydroxyl groups is 1. The zero-order valence-electron chi connectivity index (χ0n) is 10.4. The van der Waals surface area contributed by atoms with E-state index in [9.17, 15) is 9.18 Å². The molecule has 0 radical (unpaired) electrons. The Morgan fingerprint density at radius 1 is 1.50 bits per heavy atom. The Kier molecular flexibility index (Phi) is 5.75. The summed E-state index contributed by atoms with van der Waals surface area (Å²) in [5.74, 6) is -0.834. The fourth-order valence-electron chi connectivity index (χ4n) is 1.63. The minimum absolute atomic E-state index is 0.00737. The van der Waals surface area contributed by atoms with Gasteiger partial charge in [0.25, 0.3) is 5.91 Å². The number of carbonyl (C=O) groups is 1. The van der Waals surface area contributed by atoms with Crippen LogP contribution < -0.4 is 5.32 Å². The molecule has 0 aromatic heterocycles. The van der Waals surface area contributed by atoms with Crippen molar-refractivity contribution >= 4 is 21.8 Å². The zero-order chi connectivity index (χ0) is 13.7. The first kappa shape index (κ1) is 15.1.